The Morgan fingerprint density at radius 3 is 2.31 bits per heavy atom. The molecule has 0 aromatic heterocycles. The summed E-state index contributed by atoms with van der Waals surface area (Å²) in [7, 11) is 0. The first kappa shape index (κ1) is 31.4. The fraction of sp³-hybridized carbons (Fsp3) is 0.879. The predicted molar refractivity (Wildman–Crippen MR) is 151 cm³/mol. The average Bonchev–Trinajstić information content (AvgIpc) is 3.73. The van der Waals surface area contributed by atoms with Crippen LogP contribution in [-0.4, -0.2) is 60.0 Å². The van der Waals surface area contributed by atoms with Crippen molar-refractivity contribution in [2.45, 2.75) is 104 Å². The third-order valence-corrected chi connectivity index (χ3v) is 11.2. The van der Waals surface area contributed by atoms with E-state index in [1.165, 1.54) is 0 Å². The smallest absolute Gasteiger partial charge is 0.317 e. The molecule has 13 atom stereocenters. The van der Waals surface area contributed by atoms with Gasteiger partial charge in [-0.1, -0.05) is 27.2 Å². The molecule has 2 saturated carbocycles. The molecule has 0 aromatic carbocycles. The van der Waals surface area contributed by atoms with Gasteiger partial charge in [-0.15, -0.1) is 0 Å². The number of esters is 4. The van der Waals surface area contributed by atoms with Gasteiger partial charge in [0.2, 0.25) is 0 Å². The fourth-order valence-electron chi connectivity index (χ4n) is 9.15. The lowest BCUT2D eigenvalue weighted by Crippen LogP contribution is -2.40. The molecule has 5 fully saturated rings. The molecule has 5 rings (SSSR count). The summed E-state index contributed by atoms with van der Waals surface area (Å²) in [5.41, 5.74) is -0.561. The number of rotatable bonds is 11. The molecule has 5 aliphatic rings. The number of aliphatic hydroxyl groups is 1. The van der Waals surface area contributed by atoms with E-state index in [-0.39, 0.29) is 72.9 Å². The van der Waals surface area contributed by atoms with E-state index >= 15 is 0 Å². The van der Waals surface area contributed by atoms with Gasteiger partial charge in [-0.25, -0.2) is 0 Å². The van der Waals surface area contributed by atoms with E-state index in [0.717, 1.165) is 32.1 Å². The second-order valence-electron chi connectivity index (χ2n) is 14.9. The molecule has 3 aliphatic heterocycles. The van der Waals surface area contributed by atoms with E-state index in [9.17, 15) is 24.3 Å². The standard InChI is InChI=1S/C33H50O9/c1-7-19-21(28-26(13-27(19)40-28)30(36)39-15-16(2)14-34)9-8-20-18-10-23(25(11-18)32(38)42-33(4,5)6)24(20)12-22-17(3)29(35)41-31(22)37/h16-28,34H,7-15H2,1-6H3. The molecule has 4 bridgehead atoms. The molecule has 9 nitrogen and oxygen atoms in total. The average molecular weight is 591 g/mol. The Hall–Kier alpha value is -2.00. The fourth-order valence-corrected chi connectivity index (χ4v) is 9.15. The zero-order valence-electron chi connectivity index (χ0n) is 26.1. The molecule has 3 saturated heterocycles. The molecule has 3 heterocycles. The van der Waals surface area contributed by atoms with Crippen molar-refractivity contribution in [2.24, 2.45) is 65.1 Å². The van der Waals surface area contributed by atoms with Crippen molar-refractivity contribution in [1.29, 1.82) is 0 Å². The molecule has 0 aromatic rings. The van der Waals surface area contributed by atoms with Gasteiger partial charge < -0.3 is 24.1 Å². The third-order valence-electron chi connectivity index (χ3n) is 11.2. The number of carbonyl (C=O) groups is 4. The van der Waals surface area contributed by atoms with E-state index in [0.29, 0.717) is 30.6 Å². The van der Waals surface area contributed by atoms with Crippen LogP contribution in [0.4, 0.5) is 0 Å². The van der Waals surface area contributed by atoms with Crippen LogP contribution < -0.4 is 0 Å². The summed E-state index contributed by atoms with van der Waals surface area (Å²) < 4.78 is 22.7. The number of hydrogen-bond donors (Lipinski definition) is 1. The van der Waals surface area contributed by atoms with Gasteiger partial charge in [0.15, 0.2) is 0 Å². The minimum absolute atomic E-state index is 0.0218. The predicted octanol–water partition coefficient (Wildman–Crippen LogP) is 4.32. The minimum atomic E-state index is -0.561. The molecule has 236 valence electrons. The molecular formula is C33H50O9. The summed E-state index contributed by atoms with van der Waals surface area (Å²) >= 11 is 0. The highest BCUT2D eigenvalue weighted by Gasteiger charge is 2.59. The number of cyclic esters (lactones) is 2. The summed E-state index contributed by atoms with van der Waals surface area (Å²) in [6.45, 7) is 11.7. The molecule has 9 heteroatoms. The van der Waals surface area contributed by atoms with Gasteiger partial charge in [-0.2, -0.15) is 0 Å². The maximum absolute atomic E-state index is 13.2. The topological polar surface area (TPSA) is 125 Å². The molecule has 13 unspecified atom stereocenters. The maximum atomic E-state index is 13.2. The van der Waals surface area contributed by atoms with Crippen LogP contribution in [-0.2, 0) is 38.1 Å². The summed E-state index contributed by atoms with van der Waals surface area (Å²) in [4.78, 5) is 51.0. The monoisotopic (exact) mass is 590 g/mol. The van der Waals surface area contributed by atoms with Gasteiger partial charge in [-0.3, -0.25) is 19.2 Å². The first-order valence-corrected chi connectivity index (χ1v) is 16.2. The zero-order chi connectivity index (χ0) is 30.5. The van der Waals surface area contributed by atoms with Crippen molar-refractivity contribution in [3.8, 4) is 0 Å². The van der Waals surface area contributed by atoms with Crippen LogP contribution in [0.2, 0.25) is 0 Å². The quantitative estimate of drug-likeness (QED) is 0.213. The van der Waals surface area contributed by atoms with Gasteiger partial charge in [0.05, 0.1) is 42.5 Å². The Labute approximate surface area is 249 Å². The largest absolute Gasteiger partial charge is 0.465 e. The van der Waals surface area contributed by atoms with E-state index in [1.54, 1.807) is 6.92 Å². The Kier molecular flexibility index (Phi) is 9.11. The van der Waals surface area contributed by atoms with Crippen molar-refractivity contribution in [1.82, 2.24) is 0 Å². The van der Waals surface area contributed by atoms with Gasteiger partial charge >= 0.3 is 23.9 Å². The Balaban J connectivity index is 1.29. The van der Waals surface area contributed by atoms with Crippen LogP contribution in [0.1, 0.15) is 86.5 Å². The van der Waals surface area contributed by atoms with Crippen LogP contribution in [0.25, 0.3) is 0 Å². The lowest BCUT2D eigenvalue weighted by atomic mass is 9.65. The Bertz CT molecular complexity index is 1050. The molecular weight excluding hydrogens is 540 g/mol. The summed E-state index contributed by atoms with van der Waals surface area (Å²) in [6, 6.07) is 0. The van der Waals surface area contributed by atoms with Gasteiger partial charge in [-0.05, 0) is 94.8 Å². The van der Waals surface area contributed by atoms with E-state index in [1.807, 2.05) is 27.7 Å². The van der Waals surface area contributed by atoms with Crippen molar-refractivity contribution in [3.05, 3.63) is 0 Å². The first-order chi connectivity index (χ1) is 19.8. The number of hydrogen-bond acceptors (Lipinski definition) is 9. The molecule has 0 radical (unpaired) electrons. The number of ether oxygens (including phenoxy) is 4. The Morgan fingerprint density at radius 2 is 1.69 bits per heavy atom. The van der Waals surface area contributed by atoms with E-state index in [2.05, 4.69) is 6.92 Å². The van der Waals surface area contributed by atoms with Gasteiger partial charge in [0, 0.05) is 12.5 Å². The number of fused-ring (bicyclic) bond motifs is 4. The normalized spacial score (nSPS) is 41.3. The van der Waals surface area contributed by atoms with Crippen LogP contribution in [0.3, 0.4) is 0 Å². The highest BCUT2D eigenvalue weighted by molar-refractivity contribution is 5.96. The zero-order valence-corrected chi connectivity index (χ0v) is 26.1. The van der Waals surface area contributed by atoms with Crippen molar-refractivity contribution in [3.63, 3.8) is 0 Å². The Morgan fingerprint density at radius 1 is 0.976 bits per heavy atom. The summed E-state index contributed by atoms with van der Waals surface area (Å²) in [5, 5.41) is 9.31. The minimum Gasteiger partial charge on any atom is -0.465 e. The third kappa shape index (κ3) is 6.01. The lowest BCUT2D eigenvalue weighted by Gasteiger charge is -2.38. The van der Waals surface area contributed by atoms with E-state index < -0.39 is 29.4 Å². The second-order valence-corrected chi connectivity index (χ2v) is 14.9. The summed E-state index contributed by atoms with van der Waals surface area (Å²) in [6.07, 6.45) is 5.73. The molecule has 2 aliphatic carbocycles. The summed E-state index contributed by atoms with van der Waals surface area (Å²) in [5.74, 6) is -1.18. The maximum Gasteiger partial charge on any atom is 0.317 e. The highest BCUT2D eigenvalue weighted by Crippen LogP contribution is 2.60. The molecule has 0 amide bonds. The first-order valence-electron chi connectivity index (χ1n) is 16.2. The lowest BCUT2D eigenvalue weighted by molar-refractivity contribution is -0.163. The van der Waals surface area contributed by atoms with Crippen LogP contribution in [0.5, 0.6) is 0 Å². The van der Waals surface area contributed by atoms with Crippen molar-refractivity contribution in [2.75, 3.05) is 13.2 Å². The molecule has 1 N–H and O–H groups in total. The van der Waals surface area contributed by atoms with Gasteiger partial charge in [0.25, 0.3) is 0 Å². The van der Waals surface area contributed by atoms with Crippen LogP contribution >= 0.6 is 0 Å². The molecule has 0 spiro atoms. The molecule has 42 heavy (non-hydrogen) atoms. The van der Waals surface area contributed by atoms with Crippen LogP contribution in [0, 0.1) is 65.1 Å². The van der Waals surface area contributed by atoms with Crippen LogP contribution in [0.15, 0.2) is 0 Å². The second kappa shape index (κ2) is 12.2. The SMILES string of the molecule is CCC1C2CC(C(=O)OCC(C)CO)C(O2)C1CCC1C2CC(C(=O)OC(C)(C)C)C(C2)C1CC1C(=O)OC(=O)C1C. The number of aliphatic hydroxyl groups excluding tert-OH is 1. The van der Waals surface area contributed by atoms with Crippen molar-refractivity contribution < 1.29 is 43.2 Å². The van der Waals surface area contributed by atoms with Crippen molar-refractivity contribution >= 4 is 23.9 Å². The van der Waals surface area contributed by atoms with Gasteiger partial charge in [0.1, 0.15) is 5.60 Å². The highest BCUT2D eigenvalue weighted by atomic mass is 16.6. The van der Waals surface area contributed by atoms with E-state index in [4.69, 9.17) is 18.9 Å². The number of carbonyl (C=O) groups excluding carboxylic acids is 4.